The Morgan fingerprint density at radius 3 is 2.69 bits per heavy atom. The molecule has 72 valence electrons. The van der Waals surface area contributed by atoms with E-state index in [4.69, 9.17) is 17.3 Å². The Balaban J connectivity index is 3.27. The molecule has 1 aromatic rings. The van der Waals surface area contributed by atoms with Crippen LogP contribution in [-0.2, 0) is 6.54 Å². The third-order valence-corrected chi connectivity index (χ3v) is 2.61. The summed E-state index contributed by atoms with van der Waals surface area (Å²) in [6.45, 7) is 0.0989. The van der Waals surface area contributed by atoms with Crippen molar-refractivity contribution in [2.45, 2.75) is 13.0 Å². The summed E-state index contributed by atoms with van der Waals surface area (Å²) in [6.07, 6.45) is -1.40. The Morgan fingerprint density at radius 1 is 1.62 bits per heavy atom. The number of pyridine rings is 1. The van der Waals surface area contributed by atoms with Crippen molar-refractivity contribution in [1.29, 1.82) is 0 Å². The Kier molecular flexibility index (Phi) is 3.58. The van der Waals surface area contributed by atoms with Crippen molar-refractivity contribution < 1.29 is 8.78 Å². The fourth-order valence-electron chi connectivity index (χ4n) is 0.859. The lowest BCUT2D eigenvalue weighted by Gasteiger charge is -2.07. The van der Waals surface area contributed by atoms with Crippen LogP contribution in [0.15, 0.2) is 10.7 Å². The molecule has 0 fully saturated rings. The lowest BCUT2D eigenvalue weighted by molar-refractivity contribution is 0.146. The van der Waals surface area contributed by atoms with Gasteiger partial charge in [-0.05, 0) is 15.9 Å². The highest BCUT2D eigenvalue weighted by atomic mass is 79.9. The zero-order valence-corrected chi connectivity index (χ0v) is 8.74. The van der Waals surface area contributed by atoms with E-state index in [2.05, 4.69) is 20.9 Å². The summed E-state index contributed by atoms with van der Waals surface area (Å²) in [4.78, 5) is 3.50. The predicted octanol–water partition coefficient (Wildman–Crippen LogP) is 2.89. The van der Waals surface area contributed by atoms with Crippen LogP contribution in [0.3, 0.4) is 0 Å². The van der Waals surface area contributed by atoms with E-state index in [-0.39, 0.29) is 11.6 Å². The summed E-state index contributed by atoms with van der Waals surface area (Å²) in [5.74, 6) is 0. The standard InChI is InChI=1S/C7H6BrClF2N2/c8-4-2-13-6(7(10)11)5(9)3(4)1-12/h2,7H,1,12H2. The van der Waals surface area contributed by atoms with E-state index in [1.165, 1.54) is 6.20 Å². The average molecular weight is 271 g/mol. The van der Waals surface area contributed by atoms with E-state index in [1.54, 1.807) is 0 Å². The molecule has 0 atom stereocenters. The molecule has 6 heteroatoms. The summed E-state index contributed by atoms with van der Waals surface area (Å²) in [5, 5.41) is -0.0631. The molecule has 0 aliphatic rings. The number of rotatable bonds is 2. The summed E-state index contributed by atoms with van der Waals surface area (Å²) in [7, 11) is 0. The van der Waals surface area contributed by atoms with E-state index >= 15 is 0 Å². The van der Waals surface area contributed by atoms with Gasteiger partial charge in [-0.15, -0.1) is 0 Å². The van der Waals surface area contributed by atoms with Gasteiger partial charge in [-0.2, -0.15) is 0 Å². The van der Waals surface area contributed by atoms with Gasteiger partial charge in [-0.25, -0.2) is 8.78 Å². The van der Waals surface area contributed by atoms with Gasteiger partial charge < -0.3 is 5.73 Å². The largest absolute Gasteiger partial charge is 0.326 e. The maximum absolute atomic E-state index is 12.3. The average Bonchev–Trinajstić information content (AvgIpc) is 2.04. The van der Waals surface area contributed by atoms with Crippen LogP contribution in [-0.4, -0.2) is 4.98 Å². The van der Waals surface area contributed by atoms with Crippen molar-refractivity contribution in [2.75, 3.05) is 0 Å². The molecular weight excluding hydrogens is 265 g/mol. The third-order valence-electron chi connectivity index (χ3n) is 1.51. The van der Waals surface area contributed by atoms with Crippen LogP contribution in [0.25, 0.3) is 0 Å². The van der Waals surface area contributed by atoms with E-state index in [0.717, 1.165) is 0 Å². The van der Waals surface area contributed by atoms with Crippen molar-refractivity contribution in [2.24, 2.45) is 5.73 Å². The maximum atomic E-state index is 12.3. The molecule has 1 rings (SSSR count). The molecule has 0 spiro atoms. The van der Waals surface area contributed by atoms with Crippen LogP contribution in [0.5, 0.6) is 0 Å². The number of halogens is 4. The van der Waals surface area contributed by atoms with E-state index in [1.807, 2.05) is 0 Å². The summed E-state index contributed by atoms with van der Waals surface area (Å²) in [6, 6.07) is 0. The second kappa shape index (κ2) is 4.30. The zero-order chi connectivity index (χ0) is 10.0. The molecule has 0 aromatic carbocycles. The first-order chi connectivity index (χ1) is 6.07. The molecule has 2 N–H and O–H groups in total. The first kappa shape index (κ1) is 10.8. The SMILES string of the molecule is NCc1c(Br)cnc(C(F)F)c1Cl. The quantitative estimate of drug-likeness (QED) is 0.898. The number of aromatic nitrogens is 1. The minimum Gasteiger partial charge on any atom is -0.326 e. The molecule has 13 heavy (non-hydrogen) atoms. The fourth-order valence-corrected chi connectivity index (χ4v) is 1.75. The van der Waals surface area contributed by atoms with Crippen LogP contribution >= 0.6 is 27.5 Å². The zero-order valence-electron chi connectivity index (χ0n) is 6.40. The highest BCUT2D eigenvalue weighted by Gasteiger charge is 2.17. The molecule has 1 aromatic heterocycles. The molecule has 0 unspecified atom stereocenters. The van der Waals surface area contributed by atoms with Gasteiger partial charge in [0.15, 0.2) is 0 Å². The van der Waals surface area contributed by atoms with Gasteiger partial charge in [0.25, 0.3) is 6.43 Å². The number of nitrogens with zero attached hydrogens (tertiary/aromatic N) is 1. The normalized spacial score (nSPS) is 10.9. The molecule has 0 aliphatic carbocycles. The van der Waals surface area contributed by atoms with Crippen LogP contribution < -0.4 is 5.73 Å². The predicted molar refractivity (Wildman–Crippen MR) is 49.8 cm³/mol. The highest BCUT2D eigenvalue weighted by molar-refractivity contribution is 9.10. The van der Waals surface area contributed by atoms with Crippen LogP contribution in [0.2, 0.25) is 5.02 Å². The molecule has 0 saturated heterocycles. The van der Waals surface area contributed by atoms with E-state index in [9.17, 15) is 8.78 Å². The maximum Gasteiger partial charge on any atom is 0.281 e. The lowest BCUT2D eigenvalue weighted by Crippen LogP contribution is -2.03. The highest BCUT2D eigenvalue weighted by Crippen LogP contribution is 2.31. The van der Waals surface area contributed by atoms with Crippen molar-refractivity contribution >= 4 is 27.5 Å². The molecule has 0 amide bonds. The van der Waals surface area contributed by atoms with Crippen LogP contribution in [0, 0.1) is 0 Å². The smallest absolute Gasteiger partial charge is 0.281 e. The second-order valence-corrected chi connectivity index (χ2v) is 3.52. The van der Waals surface area contributed by atoms with Crippen molar-refractivity contribution in [3.8, 4) is 0 Å². The van der Waals surface area contributed by atoms with Gasteiger partial charge >= 0.3 is 0 Å². The third kappa shape index (κ3) is 2.15. The number of nitrogens with two attached hydrogens (primary N) is 1. The summed E-state index contributed by atoms with van der Waals surface area (Å²) >= 11 is 8.78. The van der Waals surface area contributed by atoms with Gasteiger partial charge in [0, 0.05) is 22.8 Å². The Hall–Kier alpha value is -0.260. The van der Waals surface area contributed by atoms with E-state index < -0.39 is 12.1 Å². The molecule has 0 saturated carbocycles. The van der Waals surface area contributed by atoms with Crippen molar-refractivity contribution in [3.63, 3.8) is 0 Å². The van der Waals surface area contributed by atoms with E-state index in [0.29, 0.717) is 10.0 Å². The van der Waals surface area contributed by atoms with Crippen molar-refractivity contribution in [1.82, 2.24) is 4.98 Å². The first-order valence-electron chi connectivity index (χ1n) is 3.39. The Bertz CT molecular complexity index is 320. The van der Waals surface area contributed by atoms with Gasteiger partial charge in [-0.1, -0.05) is 11.6 Å². The van der Waals surface area contributed by atoms with Crippen LogP contribution in [0.1, 0.15) is 17.7 Å². The number of alkyl halides is 2. The molecular formula is C7H6BrClF2N2. The first-order valence-corrected chi connectivity index (χ1v) is 4.56. The van der Waals surface area contributed by atoms with Gasteiger partial charge in [0.05, 0.1) is 5.02 Å². The Labute approximate surface area is 87.2 Å². The summed E-state index contributed by atoms with van der Waals surface area (Å²) < 4.78 is 25.1. The second-order valence-electron chi connectivity index (χ2n) is 2.29. The Morgan fingerprint density at radius 2 is 2.23 bits per heavy atom. The molecule has 1 heterocycles. The molecule has 0 bridgehead atoms. The fraction of sp³-hybridized carbons (Fsp3) is 0.286. The summed E-state index contributed by atoms with van der Waals surface area (Å²) in [5.41, 5.74) is 5.36. The monoisotopic (exact) mass is 270 g/mol. The number of hydrogen-bond acceptors (Lipinski definition) is 2. The number of hydrogen-bond donors (Lipinski definition) is 1. The van der Waals surface area contributed by atoms with Crippen LogP contribution in [0.4, 0.5) is 8.78 Å². The lowest BCUT2D eigenvalue weighted by atomic mass is 10.2. The molecule has 2 nitrogen and oxygen atoms in total. The van der Waals surface area contributed by atoms with Gasteiger partial charge in [0.1, 0.15) is 5.69 Å². The molecule has 0 radical (unpaired) electrons. The minimum absolute atomic E-state index is 0.0631. The van der Waals surface area contributed by atoms with Gasteiger partial charge in [0.2, 0.25) is 0 Å². The minimum atomic E-state index is -2.68. The topological polar surface area (TPSA) is 38.9 Å². The van der Waals surface area contributed by atoms with Gasteiger partial charge in [-0.3, -0.25) is 4.98 Å². The van der Waals surface area contributed by atoms with Crippen molar-refractivity contribution in [3.05, 3.63) is 26.9 Å². The molecule has 0 aliphatic heterocycles.